The Labute approximate surface area is 95.2 Å². The molecule has 16 heavy (non-hydrogen) atoms. The van der Waals surface area contributed by atoms with Crippen LogP contribution in [0.4, 0.5) is 5.69 Å². The second kappa shape index (κ2) is 4.46. The summed E-state index contributed by atoms with van der Waals surface area (Å²) >= 11 is 5.69. The number of aliphatic hydroxyl groups is 1. The number of benzene rings is 1. The maximum Gasteiger partial charge on any atom is 0.337 e. The Balaban J connectivity index is 3.33. The van der Waals surface area contributed by atoms with Crippen LogP contribution in [0.5, 0.6) is 0 Å². The highest BCUT2D eigenvalue weighted by molar-refractivity contribution is 6.32. The summed E-state index contributed by atoms with van der Waals surface area (Å²) in [5.74, 6) is -1.46. The molecular formula is C9H8ClNO5. The van der Waals surface area contributed by atoms with Crippen LogP contribution in [0.1, 0.15) is 17.2 Å². The van der Waals surface area contributed by atoms with E-state index >= 15 is 0 Å². The number of hydrogen-bond acceptors (Lipinski definition) is 4. The fourth-order valence-corrected chi connectivity index (χ4v) is 1.68. The summed E-state index contributed by atoms with van der Waals surface area (Å²) in [5.41, 5.74) is -0.0160. The summed E-state index contributed by atoms with van der Waals surface area (Å²) in [6.45, 7) is 1.44. The average Bonchev–Trinajstić information content (AvgIpc) is 2.15. The minimum atomic E-state index is -1.78. The maximum atomic E-state index is 10.6. The Morgan fingerprint density at radius 3 is 2.50 bits per heavy atom. The minimum Gasteiger partial charge on any atom is -0.479 e. The van der Waals surface area contributed by atoms with E-state index in [1.54, 1.807) is 0 Å². The molecule has 1 atom stereocenters. The van der Waals surface area contributed by atoms with Crippen LogP contribution in [0.2, 0.25) is 5.02 Å². The molecule has 0 heterocycles. The van der Waals surface area contributed by atoms with Gasteiger partial charge in [0, 0.05) is 17.7 Å². The quantitative estimate of drug-likeness (QED) is 0.623. The van der Waals surface area contributed by atoms with Gasteiger partial charge in [0.2, 0.25) is 0 Å². The molecule has 2 N–H and O–H groups in total. The number of non-ortho nitro benzene ring substituents is 1. The number of carbonyl (C=O) groups is 1. The number of hydrogen-bond donors (Lipinski definition) is 2. The molecule has 1 rings (SSSR count). The number of aliphatic hydroxyl groups excluding tert-OH is 1. The largest absolute Gasteiger partial charge is 0.479 e. The van der Waals surface area contributed by atoms with E-state index in [9.17, 15) is 20.0 Å². The predicted molar refractivity (Wildman–Crippen MR) is 55.4 cm³/mol. The molecule has 0 amide bonds. The number of nitrogens with zero attached hydrogens (tertiary/aromatic N) is 1. The lowest BCUT2D eigenvalue weighted by Crippen LogP contribution is -2.12. The van der Waals surface area contributed by atoms with Gasteiger partial charge in [-0.1, -0.05) is 11.6 Å². The lowest BCUT2D eigenvalue weighted by atomic mass is 10.0. The van der Waals surface area contributed by atoms with E-state index < -0.39 is 17.0 Å². The van der Waals surface area contributed by atoms with Gasteiger partial charge in [-0.25, -0.2) is 4.79 Å². The van der Waals surface area contributed by atoms with Crippen molar-refractivity contribution in [3.05, 3.63) is 38.4 Å². The maximum absolute atomic E-state index is 10.6. The first kappa shape index (κ1) is 12.4. The molecule has 0 radical (unpaired) electrons. The van der Waals surface area contributed by atoms with Crippen molar-refractivity contribution in [2.75, 3.05) is 0 Å². The molecule has 1 aromatic rings. The van der Waals surface area contributed by atoms with Gasteiger partial charge in [0.25, 0.3) is 5.69 Å². The first-order chi connectivity index (χ1) is 7.34. The van der Waals surface area contributed by atoms with Gasteiger partial charge in [-0.05, 0) is 12.5 Å². The van der Waals surface area contributed by atoms with Crippen molar-refractivity contribution in [3.63, 3.8) is 0 Å². The van der Waals surface area contributed by atoms with Crippen molar-refractivity contribution in [1.82, 2.24) is 0 Å². The third-order valence-corrected chi connectivity index (χ3v) is 2.35. The van der Waals surface area contributed by atoms with E-state index in [-0.39, 0.29) is 21.8 Å². The van der Waals surface area contributed by atoms with E-state index in [1.807, 2.05) is 0 Å². The van der Waals surface area contributed by atoms with Gasteiger partial charge in [0.15, 0.2) is 6.10 Å². The lowest BCUT2D eigenvalue weighted by molar-refractivity contribution is -0.384. The van der Waals surface area contributed by atoms with Crippen LogP contribution in [0.3, 0.4) is 0 Å². The first-order valence-corrected chi connectivity index (χ1v) is 4.57. The fourth-order valence-electron chi connectivity index (χ4n) is 1.31. The van der Waals surface area contributed by atoms with Crippen LogP contribution < -0.4 is 0 Å². The van der Waals surface area contributed by atoms with Gasteiger partial charge in [0.1, 0.15) is 0 Å². The Hall–Kier alpha value is -1.66. The van der Waals surface area contributed by atoms with Gasteiger partial charge < -0.3 is 10.2 Å². The molecule has 0 bridgehead atoms. The Morgan fingerprint density at radius 2 is 2.12 bits per heavy atom. The Morgan fingerprint density at radius 1 is 1.56 bits per heavy atom. The molecule has 0 saturated carbocycles. The van der Waals surface area contributed by atoms with Crippen molar-refractivity contribution < 1.29 is 19.9 Å². The molecule has 0 aromatic heterocycles. The Kier molecular flexibility index (Phi) is 3.46. The number of rotatable bonds is 3. The highest BCUT2D eigenvalue weighted by Gasteiger charge is 2.23. The molecule has 0 aliphatic heterocycles. The van der Waals surface area contributed by atoms with Gasteiger partial charge in [-0.15, -0.1) is 0 Å². The van der Waals surface area contributed by atoms with Crippen LogP contribution in [0.15, 0.2) is 12.1 Å². The van der Waals surface area contributed by atoms with Crippen LogP contribution >= 0.6 is 11.6 Å². The van der Waals surface area contributed by atoms with Crippen LogP contribution in [-0.2, 0) is 4.79 Å². The molecule has 0 aliphatic carbocycles. The number of halogens is 1. The fraction of sp³-hybridized carbons (Fsp3) is 0.222. The number of aryl methyl sites for hydroxylation is 1. The number of aliphatic carboxylic acids is 1. The predicted octanol–water partition coefficient (Wildman–Crippen LogP) is 1.67. The second-order valence-corrected chi connectivity index (χ2v) is 3.56. The zero-order chi connectivity index (χ0) is 12.5. The Bertz CT molecular complexity index is 436. The number of nitro benzene ring substituents is 1. The lowest BCUT2D eigenvalue weighted by Gasteiger charge is -2.11. The minimum absolute atomic E-state index is 0.0280. The van der Waals surface area contributed by atoms with Crippen LogP contribution in [0, 0.1) is 17.0 Å². The molecule has 1 aromatic carbocycles. The molecule has 86 valence electrons. The number of nitro groups is 1. The van der Waals surface area contributed by atoms with E-state index in [0.717, 1.165) is 12.1 Å². The standard InChI is InChI=1S/C9H8ClNO5/c1-4-2-5(11(15)16)3-6(10)7(4)8(12)9(13)14/h2-3,8,12H,1H3,(H,13,14). The molecule has 7 heteroatoms. The number of carboxylic acids is 1. The first-order valence-electron chi connectivity index (χ1n) is 4.20. The van der Waals surface area contributed by atoms with E-state index in [1.165, 1.54) is 6.92 Å². The van der Waals surface area contributed by atoms with Gasteiger partial charge in [-0.3, -0.25) is 10.1 Å². The molecule has 0 fully saturated rings. The molecule has 1 unspecified atom stereocenters. The van der Waals surface area contributed by atoms with Crippen molar-refractivity contribution in [3.8, 4) is 0 Å². The highest BCUT2D eigenvalue weighted by Crippen LogP contribution is 2.30. The average molecular weight is 246 g/mol. The monoisotopic (exact) mass is 245 g/mol. The van der Waals surface area contributed by atoms with E-state index in [2.05, 4.69) is 0 Å². The molecule has 0 aliphatic rings. The summed E-state index contributed by atoms with van der Waals surface area (Å²) in [7, 11) is 0. The zero-order valence-electron chi connectivity index (χ0n) is 8.18. The number of carboxylic acid groups (broad SMARTS) is 1. The summed E-state index contributed by atoms with van der Waals surface area (Å²) in [5, 5.41) is 28.3. The van der Waals surface area contributed by atoms with Crippen LogP contribution in [0.25, 0.3) is 0 Å². The molecular weight excluding hydrogens is 238 g/mol. The van der Waals surface area contributed by atoms with Gasteiger partial charge >= 0.3 is 5.97 Å². The summed E-state index contributed by atoms with van der Waals surface area (Å²) in [6.07, 6.45) is -1.78. The third-order valence-electron chi connectivity index (χ3n) is 2.04. The normalized spacial score (nSPS) is 12.2. The van der Waals surface area contributed by atoms with Gasteiger partial charge in [-0.2, -0.15) is 0 Å². The van der Waals surface area contributed by atoms with E-state index in [4.69, 9.17) is 16.7 Å². The molecule has 6 nitrogen and oxygen atoms in total. The SMILES string of the molecule is Cc1cc([N+](=O)[O-])cc(Cl)c1C(O)C(=O)O. The molecule has 0 spiro atoms. The van der Waals surface area contributed by atoms with Crippen molar-refractivity contribution >= 4 is 23.3 Å². The summed E-state index contributed by atoms with van der Waals surface area (Å²) in [4.78, 5) is 20.4. The highest BCUT2D eigenvalue weighted by atomic mass is 35.5. The third kappa shape index (κ3) is 2.29. The van der Waals surface area contributed by atoms with E-state index in [0.29, 0.717) is 0 Å². The van der Waals surface area contributed by atoms with Crippen LogP contribution in [-0.4, -0.2) is 21.1 Å². The smallest absolute Gasteiger partial charge is 0.337 e. The van der Waals surface area contributed by atoms with Crippen molar-refractivity contribution in [2.45, 2.75) is 13.0 Å². The summed E-state index contributed by atoms with van der Waals surface area (Å²) in [6, 6.07) is 2.17. The summed E-state index contributed by atoms with van der Waals surface area (Å²) < 4.78 is 0. The second-order valence-electron chi connectivity index (χ2n) is 3.16. The topological polar surface area (TPSA) is 101 Å². The van der Waals surface area contributed by atoms with Crippen molar-refractivity contribution in [2.24, 2.45) is 0 Å². The van der Waals surface area contributed by atoms with Gasteiger partial charge in [0.05, 0.1) is 9.95 Å². The zero-order valence-corrected chi connectivity index (χ0v) is 8.93. The van der Waals surface area contributed by atoms with Crippen molar-refractivity contribution in [1.29, 1.82) is 0 Å². The molecule has 0 saturated heterocycles.